The number of nitrogens with zero attached hydrogens (tertiary/aromatic N) is 1. The van der Waals surface area contributed by atoms with Crippen LogP contribution in [0.5, 0.6) is 0 Å². The number of rotatable bonds is 9. The number of amides is 1. The van der Waals surface area contributed by atoms with Crippen LogP contribution in [0.25, 0.3) is 0 Å². The lowest BCUT2D eigenvalue weighted by Gasteiger charge is -2.34. The Balaban J connectivity index is 1.87. The van der Waals surface area contributed by atoms with Crippen molar-refractivity contribution in [1.29, 1.82) is 0 Å². The third-order valence-electron chi connectivity index (χ3n) is 4.28. The Morgan fingerprint density at radius 1 is 1.33 bits per heavy atom. The number of carbonyl (C=O) groups excluding carboxylic acids is 1. The first-order valence-electron chi connectivity index (χ1n) is 8.98. The number of likely N-dealkylation sites (tertiary alicyclic amines) is 1. The second kappa shape index (κ2) is 10.6. The number of thioether (sulfide) groups is 1. The summed E-state index contributed by atoms with van der Waals surface area (Å²) in [5.74, 6) is 2.40. The van der Waals surface area contributed by atoms with Gasteiger partial charge in [-0.3, -0.25) is 4.79 Å². The molecule has 2 rings (SSSR count). The monoisotopic (exact) mass is 347 g/mol. The number of aliphatic hydroxyl groups is 1. The molecule has 0 bridgehead atoms. The van der Waals surface area contributed by atoms with Crippen molar-refractivity contribution < 1.29 is 9.90 Å². The zero-order valence-corrected chi connectivity index (χ0v) is 15.4. The Kier molecular flexibility index (Phi) is 8.40. The van der Waals surface area contributed by atoms with Crippen molar-refractivity contribution in [3.63, 3.8) is 0 Å². The van der Waals surface area contributed by atoms with Crippen LogP contribution in [0.4, 0.5) is 0 Å². The largest absolute Gasteiger partial charge is 0.389 e. The fourth-order valence-electron chi connectivity index (χ4n) is 3.03. The summed E-state index contributed by atoms with van der Waals surface area (Å²) in [5.41, 5.74) is 1.13. The van der Waals surface area contributed by atoms with Gasteiger partial charge in [0.15, 0.2) is 0 Å². The number of carbonyl (C=O) groups is 1. The van der Waals surface area contributed by atoms with Gasteiger partial charge < -0.3 is 10.0 Å². The summed E-state index contributed by atoms with van der Waals surface area (Å²) in [4.78, 5) is 14.2. The Morgan fingerprint density at radius 3 is 2.88 bits per heavy atom. The van der Waals surface area contributed by atoms with E-state index >= 15 is 0 Å². The van der Waals surface area contributed by atoms with Crippen molar-refractivity contribution in [2.75, 3.05) is 18.1 Å². The summed E-state index contributed by atoms with van der Waals surface area (Å²) in [7, 11) is 0. The van der Waals surface area contributed by atoms with Gasteiger partial charge in [-0.05, 0) is 30.6 Å². The molecule has 0 saturated carbocycles. The highest BCUT2D eigenvalue weighted by molar-refractivity contribution is 7.99. The summed E-state index contributed by atoms with van der Waals surface area (Å²) in [6, 6.07) is 10.1. The van der Waals surface area contributed by atoms with Crippen molar-refractivity contribution in [3.05, 3.63) is 48.0 Å². The molecular formula is C20H29NO2S. The third-order valence-corrected chi connectivity index (χ3v) is 5.45. The standard InChI is InChI=1S/C20H29NO2S/c1-2-14-24-15-13-21-18(9-6-10-20(21)23)11-12-19(22)16-17-7-4-3-5-8-17/h3-5,7-8,11-12,18-19,22H,2,6,9-10,13-16H2,1H3/b12-11+/t18-,19?/m1/s1. The van der Waals surface area contributed by atoms with Gasteiger partial charge in [0, 0.05) is 25.1 Å². The lowest BCUT2D eigenvalue weighted by molar-refractivity contribution is -0.134. The van der Waals surface area contributed by atoms with Gasteiger partial charge in [0.1, 0.15) is 0 Å². The minimum atomic E-state index is -0.499. The summed E-state index contributed by atoms with van der Waals surface area (Å²) in [5, 5.41) is 10.2. The van der Waals surface area contributed by atoms with E-state index in [1.54, 1.807) is 0 Å². The maximum Gasteiger partial charge on any atom is 0.223 e. The summed E-state index contributed by atoms with van der Waals surface area (Å²) >= 11 is 1.91. The second-order valence-electron chi connectivity index (χ2n) is 6.30. The Hall–Kier alpha value is -1.26. The predicted molar refractivity (Wildman–Crippen MR) is 102 cm³/mol. The van der Waals surface area contributed by atoms with Crippen LogP contribution < -0.4 is 0 Å². The van der Waals surface area contributed by atoms with Crippen molar-refractivity contribution >= 4 is 17.7 Å². The highest BCUT2D eigenvalue weighted by Crippen LogP contribution is 2.20. The van der Waals surface area contributed by atoms with E-state index in [-0.39, 0.29) is 11.9 Å². The molecule has 132 valence electrons. The molecule has 24 heavy (non-hydrogen) atoms. The van der Waals surface area contributed by atoms with Gasteiger partial charge in [-0.1, -0.05) is 49.4 Å². The maximum absolute atomic E-state index is 12.2. The van der Waals surface area contributed by atoms with E-state index < -0.39 is 6.10 Å². The summed E-state index contributed by atoms with van der Waals surface area (Å²) in [6.07, 6.45) is 7.80. The van der Waals surface area contributed by atoms with Gasteiger partial charge in [-0.15, -0.1) is 0 Å². The predicted octanol–water partition coefficient (Wildman–Crippen LogP) is 3.67. The zero-order chi connectivity index (χ0) is 17.2. The first kappa shape index (κ1) is 19.1. The SMILES string of the molecule is CCCSCCN1C(=O)CCC[C@@H]1/C=C/C(O)Cc1ccccc1. The van der Waals surface area contributed by atoms with E-state index in [4.69, 9.17) is 0 Å². The van der Waals surface area contributed by atoms with Crippen LogP contribution in [0.2, 0.25) is 0 Å². The molecule has 1 unspecified atom stereocenters. The minimum absolute atomic E-state index is 0.138. The van der Waals surface area contributed by atoms with Crippen molar-refractivity contribution in [1.82, 2.24) is 4.90 Å². The third kappa shape index (κ3) is 6.33. The Bertz CT molecular complexity index is 518. The Labute approximate surface area is 150 Å². The van der Waals surface area contributed by atoms with E-state index in [1.807, 2.05) is 59.1 Å². The number of piperidine rings is 1. The quantitative estimate of drug-likeness (QED) is 0.547. The van der Waals surface area contributed by atoms with Gasteiger partial charge >= 0.3 is 0 Å². The highest BCUT2D eigenvalue weighted by Gasteiger charge is 2.25. The van der Waals surface area contributed by atoms with E-state index in [0.29, 0.717) is 12.8 Å². The number of hydrogen-bond donors (Lipinski definition) is 1. The van der Waals surface area contributed by atoms with E-state index in [1.165, 1.54) is 6.42 Å². The smallest absolute Gasteiger partial charge is 0.223 e. The first-order valence-corrected chi connectivity index (χ1v) is 10.1. The number of hydrogen-bond acceptors (Lipinski definition) is 3. The van der Waals surface area contributed by atoms with Gasteiger partial charge in [-0.25, -0.2) is 0 Å². The van der Waals surface area contributed by atoms with Crippen LogP contribution >= 0.6 is 11.8 Å². The molecule has 1 fully saturated rings. The van der Waals surface area contributed by atoms with Crippen LogP contribution in [0.1, 0.15) is 38.2 Å². The van der Waals surface area contributed by atoms with E-state index in [0.717, 1.165) is 36.5 Å². The normalized spacial score (nSPS) is 19.8. The fourth-order valence-corrected chi connectivity index (χ4v) is 3.85. The van der Waals surface area contributed by atoms with E-state index in [9.17, 15) is 9.90 Å². The number of aliphatic hydroxyl groups excluding tert-OH is 1. The summed E-state index contributed by atoms with van der Waals surface area (Å²) < 4.78 is 0. The lowest BCUT2D eigenvalue weighted by atomic mass is 10.00. The van der Waals surface area contributed by atoms with Crippen LogP contribution in [0.3, 0.4) is 0 Å². The van der Waals surface area contributed by atoms with Crippen molar-refractivity contribution in [3.8, 4) is 0 Å². The zero-order valence-electron chi connectivity index (χ0n) is 14.6. The molecule has 0 aromatic heterocycles. The molecule has 0 spiro atoms. The van der Waals surface area contributed by atoms with Crippen LogP contribution in [-0.2, 0) is 11.2 Å². The molecule has 1 heterocycles. The van der Waals surface area contributed by atoms with Crippen LogP contribution in [0.15, 0.2) is 42.5 Å². The minimum Gasteiger partial charge on any atom is -0.389 e. The summed E-state index contributed by atoms with van der Waals surface area (Å²) in [6.45, 7) is 2.99. The molecule has 1 aliphatic heterocycles. The van der Waals surface area contributed by atoms with Crippen LogP contribution in [0, 0.1) is 0 Å². The van der Waals surface area contributed by atoms with Crippen molar-refractivity contribution in [2.24, 2.45) is 0 Å². The van der Waals surface area contributed by atoms with Gasteiger partial charge in [0.25, 0.3) is 0 Å². The average molecular weight is 348 g/mol. The van der Waals surface area contributed by atoms with Crippen molar-refractivity contribution in [2.45, 2.75) is 51.2 Å². The molecule has 1 aliphatic rings. The first-order chi connectivity index (χ1) is 11.7. The molecular weight excluding hydrogens is 318 g/mol. The molecule has 1 saturated heterocycles. The molecule has 1 amide bonds. The molecule has 0 aliphatic carbocycles. The fraction of sp³-hybridized carbons (Fsp3) is 0.550. The molecule has 1 aromatic rings. The highest BCUT2D eigenvalue weighted by atomic mass is 32.2. The molecule has 2 atom stereocenters. The molecule has 0 radical (unpaired) electrons. The topological polar surface area (TPSA) is 40.5 Å². The van der Waals surface area contributed by atoms with Gasteiger partial charge in [0.2, 0.25) is 5.91 Å². The van der Waals surface area contributed by atoms with Crippen LogP contribution in [-0.4, -0.2) is 46.1 Å². The molecule has 1 N–H and O–H groups in total. The molecule has 4 heteroatoms. The lowest BCUT2D eigenvalue weighted by Crippen LogP contribution is -2.43. The maximum atomic E-state index is 12.2. The Morgan fingerprint density at radius 2 is 2.12 bits per heavy atom. The number of benzene rings is 1. The molecule has 3 nitrogen and oxygen atoms in total. The average Bonchev–Trinajstić information content (AvgIpc) is 2.59. The second-order valence-corrected chi connectivity index (χ2v) is 7.53. The molecule has 1 aromatic carbocycles. The van der Waals surface area contributed by atoms with E-state index in [2.05, 4.69) is 6.92 Å². The van der Waals surface area contributed by atoms with Gasteiger partial charge in [-0.2, -0.15) is 11.8 Å². The van der Waals surface area contributed by atoms with Gasteiger partial charge in [0.05, 0.1) is 12.1 Å².